The molecule has 2 aromatic heterocycles. The van der Waals surface area contributed by atoms with E-state index in [2.05, 4.69) is 35.7 Å². The predicted octanol–water partition coefficient (Wildman–Crippen LogP) is 8.91. The Morgan fingerprint density at radius 3 is 1.77 bits per heavy atom. The Morgan fingerprint density at radius 1 is 0.717 bits per heavy atom. The van der Waals surface area contributed by atoms with Gasteiger partial charge in [-0.3, -0.25) is 0 Å². The lowest BCUT2D eigenvalue weighted by Crippen LogP contribution is -2.17. The van der Waals surface area contributed by atoms with Crippen molar-refractivity contribution in [1.29, 1.82) is 0 Å². The number of fused-ring (bicyclic) bond motifs is 2. The number of nitrogens with one attached hydrogen (secondary N) is 2. The smallest absolute Gasteiger partial charge is 0.287 e. The van der Waals surface area contributed by atoms with E-state index in [-0.39, 0.29) is 45.1 Å². The van der Waals surface area contributed by atoms with Crippen LogP contribution in [0.1, 0.15) is 12.8 Å². The van der Waals surface area contributed by atoms with Gasteiger partial charge in [-0.1, -0.05) is 23.2 Å². The van der Waals surface area contributed by atoms with Crippen LogP contribution in [0.2, 0.25) is 10.0 Å². The SMILES string of the molecule is [O-][N+](=Nc1cc2c(Nc3ccc(F)c(Cl)c3)ncnc2cc1O[C@H]1CCOC1)c1cc2c(Nc3ccc(F)c(Cl)c3)ncnc2cc1O[C@H]1CCOC1. The Hall–Kier alpha value is -5.48. The molecule has 0 aliphatic carbocycles. The average molecular weight is 762 g/mol. The van der Waals surface area contributed by atoms with Crippen molar-refractivity contribution >= 4 is 79.4 Å². The maximum Gasteiger partial charge on any atom is 0.287 e. The second-order valence-corrected chi connectivity index (χ2v) is 13.0. The van der Waals surface area contributed by atoms with Gasteiger partial charge < -0.3 is 34.8 Å². The highest BCUT2D eigenvalue weighted by Gasteiger charge is 2.26. The fourth-order valence-electron chi connectivity index (χ4n) is 5.90. The summed E-state index contributed by atoms with van der Waals surface area (Å²) in [6, 6.07) is 14.8. The topological polar surface area (TPSA) is 151 Å². The molecule has 4 aromatic carbocycles. The number of rotatable bonds is 10. The van der Waals surface area contributed by atoms with Crippen molar-refractivity contribution in [2.75, 3.05) is 37.1 Å². The van der Waals surface area contributed by atoms with Crippen molar-refractivity contribution in [2.45, 2.75) is 25.0 Å². The van der Waals surface area contributed by atoms with Crippen LogP contribution in [0, 0.1) is 16.8 Å². The number of nitrogens with zero attached hydrogens (tertiary/aromatic N) is 6. The maximum absolute atomic E-state index is 14.3. The first-order valence-electron chi connectivity index (χ1n) is 16.5. The molecule has 4 heterocycles. The second kappa shape index (κ2) is 14.9. The first-order valence-corrected chi connectivity index (χ1v) is 17.2. The van der Waals surface area contributed by atoms with Crippen LogP contribution in [0.25, 0.3) is 21.8 Å². The molecule has 0 bridgehead atoms. The molecule has 0 spiro atoms. The van der Waals surface area contributed by atoms with E-state index in [1.807, 2.05) is 0 Å². The van der Waals surface area contributed by atoms with Gasteiger partial charge in [-0.25, -0.2) is 28.7 Å². The van der Waals surface area contributed by atoms with Gasteiger partial charge >= 0.3 is 0 Å². The van der Waals surface area contributed by atoms with Crippen LogP contribution in [-0.2, 0) is 9.47 Å². The molecule has 2 N–H and O–H groups in total. The second-order valence-electron chi connectivity index (χ2n) is 12.2. The first-order chi connectivity index (χ1) is 25.8. The molecule has 2 aliphatic heterocycles. The summed E-state index contributed by atoms with van der Waals surface area (Å²) in [6.45, 7) is 1.75. The van der Waals surface area contributed by atoms with Gasteiger partial charge in [0, 0.05) is 52.9 Å². The Morgan fingerprint density at radius 2 is 1.25 bits per heavy atom. The monoisotopic (exact) mass is 760 g/mol. The summed E-state index contributed by atoms with van der Waals surface area (Å²) in [6.07, 6.45) is 3.39. The van der Waals surface area contributed by atoms with E-state index in [1.54, 1.807) is 24.3 Å². The van der Waals surface area contributed by atoms with Gasteiger partial charge in [-0.15, -0.1) is 0 Å². The minimum Gasteiger partial charge on any atom is -0.594 e. The molecular formula is C36H28Cl2F2N8O5. The molecule has 6 aromatic rings. The molecule has 2 fully saturated rings. The minimum absolute atomic E-state index is 0.0400. The highest BCUT2D eigenvalue weighted by Crippen LogP contribution is 2.40. The van der Waals surface area contributed by atoms with E-state index < -0.39 is 11.6 Å². The molecule has 270 valence electrons. The van der Waals surface area contributed by atoms with Crippen molar-refractivity contribution in [3.63, 3.8) is 0 Å². The van der Waals surface area contributed by atoms with Gasteiger partial charge in [0.2, 0.25) is 0 Å². The average Bonchev–Trinajstić information content (AvgIpc) is 3.87. The minimum atomic E-state index is -0.569. The number of azo groups is 1. The van der Waals surface area contributed by atoms with E-state index in [4.69, 9.17) is 42.1 Å². The largest absolute Gasteiger partial charge is 0.594 e. The van der Waals surface area contributed by atoms with Gasteiger partial charge in [-0.05, 0) is 47.3 Å². The maximum atomic E-state index is 14.3. The highest BCUT2D eigenvalue weighted by molar-refractivity contribution is 6.31. The van der Waals surface area contributed by atoms with Crippen LogP contribution in [0.15, 0.2) is 78.4 Å². The molecule has 2 atom stereocenters. The van der Waals surface area contributed by atoms with Gasteiger partial charge in [-0.2, -0.15) is 0 Å². The highest BCUT2D eigenvalue weighted by atomic mass is 35.5. The molecule has 0 radical (unpaired) electrons. The number of halogens is 4. The zero-order valence-electron chi connectivity index (χ0n) is 27.6. The van der Waals surface area contributed by atoms with Crippen LogP contribution in [0.5, 0.6) is 11.5 Å². The molecule has 17 heteroatoms. The third-order valence-corrected chi connectivity index (χ3v) is 9.14. The van der Waals surface area contributed by atoms with E-state index >= 15 is 0 Å². The lowest BCUT2D eigenvalue weighted by atomic mass is 10.1. The van der Waals surface area contributed by atoms with Crippen molar-refractivity contribution < 1.29 is 32.6 Å². The number of hydrogen-bond acceptors (Lipinski definition) is 12. The van der Waals surface area contributed by atoms with Gasteiger partial charge in [0.1, 0.15) is 48.1 Å². The summed E-state index contributed by atoms with van der Waals surface area (Å²) in [5, 5.41) is 25.9. The number of hydrogen-bond donors (Lipinski definition) is 2. The van der Waals surface area contributed by atoms with Crippen molar-refractivity contribution in [2.24, 2.45) is 5.11 Å². The summed E-state index contributed by atoms with van der Waals surface area (Å²) in [5.41, 5.74) is 2.10. The summed E-state index contributed by atoms with van der Waals surface area (Å²) < 4.78 is 51.4. The van der Waals surface area contributed by atoms with Crippen LogP contribution in [0.3, 0.4) is 0 Å². The van der Waals surface area contributed by atoms with E-state index in [0.717, 1.165) is 0 Å². The lowest BCUT2D eigenvalue weighted by molar-refractivity contribution is -0.436. The molecule has 53 heavy (non-hydrogen) atoms. The Bertz CT molecular complexity index is 2380. The first kappa shape index (κ1) is 34.6. The number of benzene rings is 4. The van der Waals surface area contributed by atoms with Crippen LogP contribution in [0.4, 0.5) is 43.2 Å². The molecule has 13 nitrogen and oxygen atoms in total. The van der Waals surface area contributed by atoms with Crippen LogP contribution >= 0.6 is 23.2 Å². The van der Waals surface area contributed by atoms with Crippen molar-refractivity contribution in [3.05, 3.63) is 100 Å². The van der Waals surface area contributed by atoms with Crippen molar-refractivity contribution in [1.82, 2.24) is 19.9 Å². The van der Waals surface area contributed by atoms with Crippen molar-refractivity contribution in [3.8, 4) is 11.5 Å². The van der Waals surface area contributed by atoms with Gasteiger partial charge in [0.05, 0.1) is 52.9 Å². The van der Waals surface area contributed by atoms with Crippen LogP contribution < -0.4 is 20.1 Å². The lowest BCUT2D eigenvalue weighted by Gasteiger charge is -2.16. The summed E-state index contributed by atoms with van der Waals surface area (Å²) in [4.78, 5) is 18.0. The van der Waals surface area contributed by atoms with Gasteiger partial charge in [0.15, 0.2) is 17.2 Å². The zero-order valence-corrected chi connectivity index (χ0v) is 29.1. The number of anilines is 4. The Kier molecular flexibility index (Phi) is 9.71. The third-order valence-electron chi connectivity index (χ3n) is 8.56. The predicted molar refractivity (Wildman–Crippen MR) is 194 cm³/mol. The third kappa shape index (κ3) is 7.55. The molecule has 2 aliphatic rings. The molecule has 0 amide bonds. The molecule has 0 unspecified atom stereocenters. The summed E-state index contributed by atoms with van der Waals surface area (Å²) in [5.74, 6) is 0.0492. The molecule has 2 saturated heterocycles. The number of ether oxygens (including phenoxy) is 4. The quantitative estimate of drug-likeness (QED) is 0.0782. The zero-order chi connectivity index (χ0) is 36.5. The Balaban J connectivity index is 1.25. The fourth-order valence-corrected chi connectivity index (χ4v) is 6.27. The standard InChI is InChI=1S/C36H28Cl2F2N8O5/c37-25-9-19(1-3-27(25)39)45-35-23-11-31(33(13-29(23)41-17-43-35)52-21-5-7-50-15-21)47-48(49)32-12-24-30(14-34(32)53-22-6-8-51-16-22)42-18-44-36(24)46-20-2-4-28(40)26(38)10-20/h1-4,9-14,17-18,21-22H,5-8,15-16H2,(H,41,43,45)(H,42,44,46)/t21-,22-/m0/s1. The van der Waals surface area contributed by atoms with E-state index in [0.29, 0.717) is 88.9 Å². The van der Waals surface area contributed by atoms with E-state index in [1.165, 1.54) is 49.1 Å². The summed E-state index contributed by atoms with van der Waals surface area (Å²) in [7, 11) is 0. The van der Waals surface area contributed by atoms with E-state index in [9.17, 15) is 14.0 Å². The number of aromatic nitrogens is 4. The fraction of sp³-hybridized carbons (Fsp3) is 0.222. The van der Waals surface area contributed by atoms with Gasteiger partial charge in [0.25, 0.3) is 5.69 Å². The molecule has 0 saturated carbocycles. The van der Waals surface area contributed by atoms with Crippen LogP contribution in [-0.4, -0.2) is 63.4 Å². The molecule has 8 rings (SSSR count). The normalized spacial score (nSPS) is 17.4. The summed E-state index contributed by atoms with van der Waals surface area (Å²) >= 11 is 12.1. The Labute approximate surface area is 310 Å². The molecular weight excluding hydrogens is 733 g/mol.